The van der Waals surface area contributed by atoms with Crippen molar-refractivity contribution >= 4 is 49.2 Å². The van der Waals surface area contributed by atoms with E-state index in [0.29, 0.717) is 38.8 Å². The second-order valence-corrected chi connectivity index (χ2v) is 12.3. The van der Waals surface area contributed by atoms with Gasteiger partial charge in [-0.3, -0.25) is 4.79 Å². The minimum absolute atomic E-state index is 0.0702. The Labute approximate surface area is 187 Å². The SMILES string of the molecule is CS(=O)(=O)N1CCC(NC(=O)C2CCN(S(=O)(=O)c3c(Cl)cccc3Cl)CC2)CC1. The smallest absolute Gasteiger partial charge is 0.246 e. The van der Waals surface area contributed by atoms with E-state index in [-0.39, 0.29) is 45.9 Å². The van der Waals surface area contributed by atoms with Crippen LogP contribution >= 0.6 is 23.2 Å². The van der Waals surface area contributed by atoms with E-state index in [1.807, 2.05) is 0 Å². The molecule has 2 fully saturated rings. The normalized spacial score (nSPS) is 20.9. The number of benzene rings is 1. The Kier molecular flexibility index (Phi) is 7.36. The number of nitrogens with one attached hydrogen (secondary N) is 1. The van der Waals surface area contributed by atoms with Crippen molar-refractivity contribution in [3.05, 3.63) is 28.2 Å². The Bertz CT molecular complexity index is 980. The summed E-state index contributed by atoms with van der Waals surface area (Å²) in [7, 11) is -7.05. The quantitative estimate of drug-likeness (QED) is 0.669. The van der Waals surface area contributed by atoms with E-state index < -0.39 is 20.0 Å². The molecule has 2 aliphatic heterocycles. The molecular weight excluding hydrogens is 473 g/mol. The fourth-order valence-electron chi connectivity index (χ4n) is 3.87. The fourth-order valence-corrected chi connectivity index (χ4v) is 7.30. The summed E-state index contributed by atoms with van der Waals surface area (Å²) in [5, 5.41) is 3.14. The van der Waals surface area contributed by atoms with Gasteiger partial charge in [0.25, 0.3) is 0 Å². The number of rotatable bonds is 5. The van der Waals surface area contributed by atoms with Crippen LogP contribution in [-0.4, -0.2) is 69.8 Å². The lowest BCUT2D eigenvalue weighted by Gasteiger charge is -2.34. The number of nitrogens with zero attached hydrogens (tertiary/aromatic N) is 2. The van der Waals surface area contributed by atoms with E-state index >= 15 is 0 Å². The summed E-state index contributed by atoms with van der Waals surface area (Å²) in [6.45, 7) is 1.18. The Hall–Kier alpha value is -0.910. The highest BCUT2D eigenvalue weighted by molar-refractivity contribution is 7.89. The van der Waals surface area contributed by atoms with Crippen molar-refractivity contribution in [2.24, 2.45) is 5.92 Å². The second-order valence-electron chi connectivity index (χ2n) is 7.67. The molecule has 1 aromatic rings. The average molecular weight is 498 g/mol. The summed E-state index contributed by atoms with van der Waals surface area (Å²) in [4.78, 5) is 12.5. The average Bonchev–Trinajstić information content (AvgIpc) is 2.67. The Morgan fingerprint density at radius 3 is 1.93 bits per heavy atom. The van der Waals surface area contributed by atoms with Gasteiger partial charge in [0.15, 0.2) is 0 Å². The third kappa shape index (κ3) is 5.28. The largest absolute Gasteiger partial charge is 0.353 e. The molecule has 0 spiro atoms. The molecule has 0 bridgehead atoms. The molecule has 1 N–H and O–H groups in total. The fraction of sp³-hybridized carbons (Fsp3) is 0.611. The standard InChI is InChI=1S/C18H25Cl2N3O5S2/c1-29(25,26)22-11-7-14(8-12-22)21-18(24)13-5-9-23(10-6-13)30(27,28)17-15(19)3-2-4-16(17)20/h2-4,13-14H,5-12H2,1H3,(H,21,24). The summed E-state index contributed by atoms with van der Waals surface area (Å²) in [6, 6.07) is 4.48. The molecule has 8 nitrogen and oxygen atoms in total. The molecule has 0 aliphatic carbocycles. The molecule has 3 rings (SSSR count). The van der Waals surface area contributed by atoms with Crippen LogP contribution in [0.5, 0.6) is 0 Å². The van der Waals surface area contributed by atoms with Crippen molar-refractivity contribution in [1.29, 1.82) is 0 Å². The van der Waals surface area contributed by atoms with Gasteiger partial charge in [-0.2, -0.15) is 4.31 Å². The minimum atomic E-state index is -3.84. The summed E-state index contributed by atoms with van der Waals surface area (Å²) >= 11 is 12.1. The van der Waals surface area contributed by atoms with Crippen molar-refractivity contribution in [2.75, 3.05) is 32.4 Å². The van der Waals surface area contributed by atoms with Crippen LogP contribution in [0.1, 0.15) is 25.7 Å². The number of amides is 1. The number of hydrogen-bond donors (Lipinski definition) is 1. The number of halogens is 2. The molecule has 1 amide bonds. The van der Waals surface area contributed by atoms with Crippen molar-refractivity contribution in [1.82, 2.24) is 13.9 Å². The molecule has 0 saturated carbocycles. The maximum Gasteiger partial charge on any atom is 0.246 e. The van der Waals surface area contributed by atoms with Crippen molar-refractivity contribution in [3.63, 3.8) is 0 Å². The van der Waals surface area contributed by atoms with Gasteiger partial charge in [-0.15, -0.1) is 0 Å². The minimum Gasteiger partial charge on any atom is -0.353 e. The van der Waals surface area contributed by atoms with Crippen LogP contribution in [0.15, 0.2) is 23.1 Å². The molecule has 30 heavy (non-hydrogen) atoms. The van der Waals surface area contributed by atoms with Crippen LogP contribution in [-0.2, 0) is 24.8 Å². The molecule has 0 aromatic heterocycles. The second kappa shape index (κ2) is 9.30. The van der Waals surface area contributed by atoms with Gasteiger partial charge in [0.1, 0.15) is 4.90 Å². The Morgan fingerprint density at radius 2 is 1.43 bits per heavy atom. The lowest BCUT2D eigenvalue weighted by Crippen LogP contribution is -2.49. The third-order valence-electron chi connectivity index (χ3n) is 5.61. The predicted molar refractivity (Wildman–Crippen MR) is 116 cm³/mol. The molecule has 0 atom stereocenters. The summed E-state index contributed by atoms with van der Waals surface area (Å²) in [5.74, 6) is -0.397. The molecule has 2 heterocycles. The van der Waals surface area contributed by atoms with Crippen molar-refractivity contribution in [2.45, 2.75) is 36.6 Å². The van der Waals surface area contributed by atoms with Crippen LogP contribution < -0.4 is 5.32 Å². The highest BCUT2D eigenvalue weighted by Crippen LogP contribution is 2.33. The van der Waals surface area contributed by atoms with Crippen LogP contribution in [0.4, 0.5) is 0 Å². The van der Waals surface area contributed by atoms with Gasteiger partial charge in [-0.05, 0) is 37.8 Å². The molecule has 2 saturated heterocycles. The van der Waals surface area contributed by atoms with Gasteiger partial charge in [0, 0.05) is 38.1 Å². The van der Waals surface area contributed by atoms with Crippen LogP contribution in [0.25, 0.3) is 0 Å². The van der Waals surface area contributed by atoms with Crippen LogP contribution in [0.3, 0.4) is 0 Å². The zero-order chi connectivity index (χ0) is 22.1. The zero-order valence-electron chi connectivity index (χ0n) is 16.6. The molecule has 168 valence electrons. The van der Waals surface area contributed by atoms with E-state index in [2.05, 4.69) is 5.32 Å². The maximum absolute atomic E-state index is 12.9. The Balaban J connectivity index is 1.55. The first kappa shape index (κ1) is 23.7. The summed E-state index contributed by atoms with van der Waals surface area (Å²) in [6.07, 6.45) is 3.11. The lowest BCUT2D eigenvalue weighted by atomic mass is 9.96. The van der Waals surface area contributed by atoms with Crippen molar-refractivity contribution < 1.29 is 21.6 Å². The van der Waals surface area contributed by atoms with E-state index in [1.165, 1.54) is 27.0 Å². The Morgan fingerprint density at radius 1 is 0.933 bits per heavy atom. The molecule has 2 aliphatic rings. The van der Waals surface area contributed by atoms with Crippen molar-refractivity contribution in [3.8, 4) is 0 Å². The third-order valence-corrected chi connectivity index (χ3v) is 9.77. The van der Waals surface area contributed by atoms with Gasteiger partial charge >= 0.3 is 0 Å². The van der Waals surface area contributed by atoms with Gasteiger partial charge in [-0.1, -0.05) is 29.3 Å². The molecule has 1 aromatic carbocycles. The van der Waals surface area contributed by atoms with Crippen LogP contribution in [0, 0.1) is 5.92 Å². The first-order chi connectivity index (χ1) is 14.0. The van der Waals surface area contributed by atoms with Gasteiger partial charge in [0.2, 0.25) is 26.0 Å². The van der Waals surface area contributed by atoms with Gasteiger partial charge < -0.3 is 5.32 Å². The molecular formula is C18H25Cl2N3O5S2. The number of piperidine rings is 2. The van der Waals surface area contributed by atoms with Gasteiger partial charge in [-0.25, -0.2) is 21.1 Å². The number of carbonyl (C=O) groups is 1. The summed E-state index contributed by atoms with van der Waals surface area (Å²) in [5.41, 5.74) is 0. The lowest BCUT2D eigenvalue weighted by molar-refractivity contribution is -0.127. The van der Waals surface area contributed by atoms with Gasteiger partial charge in [0.05, 0.1) is 16.3 Å². The highest BCUT2D eigenvalue weighted by Gasteiger charge is 2.35. The van der Waals surface area contributed by atoms with Crippen LogP contribution in [0.2, 0.25) is 10.0 Å². The van der Waals surface area contributed by atoms with E-state index in [0.717, 1.165) is 0 Å². The highest BCUT2D eigenvalue weighted by atomic mass is 35.5. The first-order valence-electron chi connectivity index (χ1n) is 9.70. The molecule has 12 heteroatoms. The monoisotopic (exact) mass is 497 g/mol. The molecule has 0 unspecified atom stereocenters. The van der Waals surface area contributed by atoms with E-state index in [9.17, 15) is 21.6 Å². The summed E-state index contributed by atoms with van der Waals surface area (Å²) < 4.78 is 51.8. The topological polar surface area (TPSA) is 104 Å². The first-order valence-corrected chi connectivity index (χ1v) is 13.7. The molecule has 0 radical (unpaired) electrons. The maximum atomic E-state index is 12.9. The number of carbonyl (C=O) groups excluding carboxylic acids is 1. The predicted octanol–water partition coefficient (Wildman–Crippen LogP) is 1.93. The van der Waals surface area contributed by atoms with E-state index in [1.54, 1.807) is 6.07 Å². The number of sulfonamides is 2. The van der Waals surface area contributed by atoms with E-state index in [4.69, 9.17) is 23.2 Å². The number of hydrogen-bond acceptors (Lipinski definition) is 5. The zero-order valence-corrected chi connectivity index (χ0v) is 19.7.